The second-order valence-corrected chi connectivity index (χ2v) is 7.75. The van der Waals surface area contributed by atoms with Crippen LogP contribution in [0, 0.1) is 0 Å². The van der Waals surface area contributed by atoms with E-state index in [9.17, 15) is 9.67 Å². The molecule has 0 heterocycles. The van der Waals surface area contributed by atoms with Gasteiger partial charge in [-0.1, -0.05) is 67.2 Å². The summed E-state index contributed by atoms with van der Waals surface area (Å²) in [6.45, 7) is 3.36. The molecule has 110 valence electrons. The standard InChI is InChI=1S/C17H19O3P/c1-14(17(19)12-18)13-21(20,15-8-4-2-5-9-15)16-10-6-3-7-11-16/h2-11,17-19H,1,12-13H2/t17-/m0/s1. The van der Waals surface area contributed by atoms with Crippen LogP contribution in [0.25, 0.3) is 0 Å². The minimum absolute atomic E-state index is 0.142. The molecule has 0 aliphatic carbocycles. The van der Waals surface area contributed by atoms with E-state index in [4.69, 9.17) is 5.11 Å². The molecule has 0 radical (unpaired) electrons. The molecule has 2 aromatic rings. The van der Waals surface area contributed by atoms with E-state index in [1.165, 1.54) is 0 Å². The average molecular weight is 302 g/mol. The highest BCUT2D eigenvalue weighted by Crippen LogP contribution is 2.45. The topological polar surface area (TPSA) is 57.5 Å². The highest BCUT2D eigenvalue weighted by molar-refractivity contribution is 7.78. The SMILES string of the molecule is C=C(CP(=O)(c1ccccc1)c1ccccc1)[C@@H](O)CO. The van der Waals surface area contributed by atoms with E-state index in [1.54, 1.807) is 0 Å². The molecule has 4 heteroatoms. The van der Waals surface area contributed by atoms with Crippen LogP contribution in [0.2, 0.25) is 0 Å². The monoisotopic (exact) mass is 302 g/mol. The molecule has 1 atom stereocenters. The van der Waals surface area contributed by atoms with Gasteiger partial charge in [0.05, 0.1) is 12.7 Å². The van der Waals surface area contributed by atoms with Crippen LogP contribution in [-0.2, 0) is 4.57 Å². The molecule has 0 fully saturated rings. The third kappa shape index (κ3) is 3.51. The van der Waals surface area contributed by atoms with Crippen molar-refractivity contribution in [3.05, 3.63) is 72.8 Å². The Labute approximate surface area is 125 Å². The predicted octanol–water partition coefficient (Wildman–Crippen LogP) is 1.91. The van der Waals surface area contributed by atoms with Crippen molar-refractivity contribution < 1.29 is 14.8 Å². The summed E-state index contributed by atoms with van der Waals surface area (Å²) in [6, 6.07) is 18.4. The maximum atomic E-state index is 13.6. The van der Waals surface area contributed by atoms with E-state index in [-0.39, 0.29) is 6.16 Å². The molecule has 0 saturated carbocycles. The van der Waals surface area contributed by atoms with Crippen LogP contribution in [0.15, 0.2) is 72.8 Å². The van der Waals surface area contributed by atoms with Gasteiger partial charge in [-0.15, -0.1) is 0 Å². The molecule has 3 nitrogen and oxygen atoms in total. The number of hydrogen-bond donors (Lipinski definition) is 2. The molecule has 0 aliphatic rings. The van der Waals surface area contributed by atoms with Gasteiger partial charge in [-0.25, -0.2) is 0 Å². The first-order chi connectivity index (χ1) is 10.1. The zero-order valence-electron chi connectivity index (χ0n) is 11.7. The fourth-order valence-corrected chi connectivity index (χ4v) is 4.94. The lowest BCUT2D eigenvalue weighted by Crippen LogP contribution is -2.24. The first kappa shape index (κ1) is 15.7. The van der Waals surface area contributed by atoms with Crippen LogP contribution in [0.1, 0.15) is 0 Å². The van der Waals surface area contributed by atoms with Gasteiger partial charge >= 0.3 is 0 Å². The molecule has 0 spiro atoms. The van der Waals surface area contributed by atoms with Crippen LogP contribution in [-0.4, -0.2) is 29.1 Å². The van der Waals surface area contributed by atoms with Crippen molar-refractivity contribution in [2.24, 2.45) is 0 Å². The van der Waals surface area contributed by atoms with Gasteiger partial charge in [-0.3, -0.25) is 0 Å². The van der Waals surface area contributed by atoms with Crippen molar-refractivity contribution in [2.45, 2.75) is 6.10 Å². The minimum Gasteiger partial charge on any atom is -0.393 e. The van der Waals surface area contributed by atoms with Gasteiger partial charge in [0.15, 0.2) is 0 Å². The summed E-state index contributed by atoms with van der Waals surface area (Å²) in [5.41, 5.74) is 0.383. The maximum Gasteiger partial charge on any atom is 0.147 e. The summed E-state index contributed by atoms with van der Waals surface area (Å²) >= 11 is 0. The lowest BCUT2D eigenvalue weighted by Gasteiger charge is -2.22. The van der Waals surface area contributed by atoms with Gasteiger partial charge < -0.3 is 14.8 Å². The average Bonchev–Trinajstić information content (AvgIpc) is 2.55. The van der Waals surface area contributed by atoms with Crippen LogP contribution >= 0.6 is 7.14 Å². The van der Waals surface area contributed by atoms with Gasteiger partial charge in [0.2, 0.25) is 0 Å². The quantitative estimate of drug-likeness (QED) is 0.633. The molecule has 2 rings (SSSR count). The second kappa shape index (κ2) is 6.86. The number of aliphatic hydroxyl groups excluding tert-OH is 2. The molecule has 21 heavy (non-hydrogen) atoms. The van der Waals surface area contributed by atoms with Gasteiger partial charge in [-0.05, 0) is 5.57 Å². The summed E-state index contributed by atoms with van der Waals surface area (Å²) in [5.74, 6) is 0. The van der Waals surface area contributed by atoms with E-state index in [1.807, 2.05) is 60.7 Å². The molecule has 2 aromatic carbocycles. The van der Waals surface area contributed by atoms with Crippen molar-refractivity contribution in [2.75, 3.05) is 12.8 Å². The van der Waals surface area contributed by atoms with Gasteiger partial charge in [-0.2, -0.15) is 0 Å². The Hall–Kier alpha value is -1.67. The van der Waals surface area contributed by atoms with E-state index in [0.717, 1.165) is 10.6 Å². The zero-order valence-corrected chi connectivity index (χ0v) is 12.6. The number of benzene rings is 2. The molecular weight excluding hydrogens is 283 g/mol. The van der Waals surface area contributed by atoms with E-state index < -0.39 is 19.9 Å². The summed E-state index contributed by atoms with van der Waals surface area (Å²) in [6.07, 6.45) is -0.909. The number of rotatable bonds is 6. The molecule has 0 aromatic heterocycles. The van der Waals surface area contributed by atoms with Crippen LogP contribution in [0.5, 0.6) is 0 Å². The molecular formula is C17H19O3P. The number of aliphatic hydroxyl groups is 2. The first-order valence-electron chi connectivity index (χ1n) is 6.75. The smallest absolute Gasteiger partial charge is 0.147 e. The van der Waals surface area contributed by atoms with E-state index in [0.29, 0.717) is 5.57 Å². The zero-order chi connectivity index (χ0) is 15.3. The summed E-state index contributed by atoms with van der Waals surface area (Å²) in [4.78, 5) is 0. The molecule has 0 amide bonds. The fourth-order valence-electron chi connectivity index (χ4n) is 2.19. The largest absolute Gasteiger partial charge is 0.393 e. The highest BCUT2D eigenvalue weighted by atomic mass is 31.2. The molecule has 0 saturated heterocycles. The lowest BCUT2D eigenvalue weighted by molar-refractivity contribution is 0.123. The Bertz CT molecular complexity index is 594. The third-order valence-corrected chi connectivity index (χ3v) is 6.53. The van der Waals surface area contributed by atoms with E-state index >= 15 is 0 Å². The van der Waals surface area contributed by atoms with Crippen molar-refractivity contribution >= 4 is 17.8 Å². The van der Waals surface area contributed by atoms with Crippen LogP contribution < -0.4 is 10.6 Å². The number of hydrogen-bond acceptors (Lipinski definition) is 3. The van der Waals surface area contributed by atoms with Crippen LogP contribution in [0.3, 0.4) is 0 Å². The Kier molecular flexibility index (Phi) is 5.13. The highest BCUT2D eigenvalue weighted by Gasteiger charge is 2.29. The second-order valence-electron chi connectivity index (χ2n) is 4.93. The Morgan fingerprint density at radius 2 is 1.43 bits per heavy atom. The fraction of sp³-hybridized carbons (Fsp3) is 0.176. The van der Waals surface area contributed by atoms with Crippen molar-refractivity contribution in [1.29, 1.82) is 0 Å². The minimum atomic E-state index is -2.92. The molecule has 0 bridgehead atoms. The van der Waals surface area contributed by atoms with E-state index in [2.05, 4.69) is 6.58 Å². The Morgan fingerprint density at radius 3 is 1.81 bits per heavy atom. The normalized spacial score (nSPS) is 12.9. The van der Waals surface area contributed by atoms with Crippen LogP contribution in [0.4, 0.5) is 0 Å². The summed E-state index contributed by atoms with van der Waals surface area (Å²) in [5, 5.41) is 20.2. The summed E-state index contributed by atoms with van der Waals surface area (Å²) in [7, 11) is -2.92. The van der Waals surface area contributed by atoms with Gasteiger partial charge in [0.25, 0.3) is 0 Å². The first-order valence-corrected chi connectivity index (χ1v) is 8.64. The molecule has 2 N–H and O–H groups in total. The Morgan fingerprint density at radius 1 is 1.00 bits per heavy atom. The Balaban J connectivity index is 2.46. The third-order valence-electron chi connectivity index (χ3n) is 3.42. The van der Waals surface area contributed by atoms with Crippen molar-refractivity contribution in [3.63, 3.8) is 0 Å². The maximum absolute atomic E-state index is 13.6. The van der Waals surface area contributed by atoms with Crippen molar-refractivity contribution in [1.82, 2.24) is 0 Å². The van der Waals surface area contributed by atoms with Gasteiger partial charge in [0.1, 0.15) is 7.14 Å². The van der Waals surface area contributed by atoms with Crippen molar-refractivity contribution in [3.8, 4) is 0 Å². The lowest BCUT2D eigenvalue weighted by atomic mass is 10.2. The summed E-state index contributed by atoms with van der Waals surface area (Å²) < 4.78 is 13.6. The predicted molar refractivity (Wildman–Crippen MR) is 86.9 cm³/mol. The van der Waals surface area contributed by atoms with Gasteiger partial charge in [0, 0.05) is 16.8 Å². The molecule has 0 aliphatic heterocycles. The molecule has 0 unspecified atom stereocenters.